The summed E-state index contributed by atoms with van der Waals surface area (Å²) in [6.45, 7) is 5.48. The summed E-state index contributed by atoms with van der Waals surface area (Å²) in [6, 6.07) is 13.5. The van der Waals surface area contributed by atoms with Crippen LogP contribution in [0.3, 0.4) is 0 Å². The summed E-state index contributed by atoms with van der Waals surface area (Å²) in [5, 5.41) is 2.73. The van der Waals surface area contributed by atoms with Crippen molar-refractivity contribution in [2.45, 2.75) is 26.4 Å². The van der Waals surface area contributed by atoms with Crippen molar-refractivity contribution >= 4 is 23.9 Å². The van der Waals surface area contributed by atoms with Crippen LogP contribution in [0, 0.1) is 0 Å². The zero-order valence-electron chi connectivity index (χ0n) is 13.0. The monoisotopic (exact) mass is 296 g/mol. The van der Waals surface area contributed by atoms with Crippen LogP contribution >= 0.6 is 0 Å². The molecule has 0 fully saturated rings. The van der Waals surface area contributed by atoms with E-state index in [0.717, 1.165) is 5.56 Å². The fourth-order valence-corrected chi connectivity index (χ4v) is 1.81. The number of nitrogens with zero attached hydrogens (tertiary/aromatic N) is 1. The van der Waals surface area contributed by atoms with Crippen LogP contribution in [0.4, 0.5) is 10.5 Å². The molecule has 4 heteroatoms. The van der Waals surface area contributed by atoms with Crippen molar-refractivity contribution in [3.05, 3.63) is 59.9 Å². The lowest BCUT2D eigenvalue weighted by atomic mass is 10.2. The number of hydrogen-bond donors (Lipinski definition) is 1. The van der Waals surface area contributed by atoms with Crippen molar-refractivity contribution in [1.29, 1.82) is 0 Å². The fraction of sp³-hybridized carbons (Fsp3) is 0.222. The molecule has 1 aromatic heterocycles. The lowest BCUT2D eigenvalue weighted by Gasteiger charge is -2.20. The summed E-state index contributed by atoms with van der Waals surface area (Å²) in [5.74, 6) is 0. The molecular weight excluding hydrogens is 276 g/mol. The number of pyridine rings is 1. The van der Waals surface area contributed by atoms with E-state index in [0.29, 0.717) is 11.4 Å². The minimum Gasteiger partial charge on any atom is -0.444 e. The molecule has 0 bridgehead atoms. The summed E-state index contributed by atoms with van der Waals surface area (Å²) in [6.07, 6.45) is 5.00. The van der Waals surface area contributed by atoms with Crippen LogP contribution in [-0.2, 0) is 4.74 Å². The first-order valence-electron chi connectivity index (χ1n) is 7.12. The molecule has 1 heterocycles. The Morgan fingerprint density at radius 2 is 1.82 bits per heavy atom. The lowest BCUT2D eigenvalue weighted by Crippen LogP contribution is -2.27. The van der Waals surface area contributed by atoms with Gasteiger partial charge in [-0.05, 0) is 44.5 Å². The van der Waals surface area contributed by atoms with Crippen molar-refractivity contribution in [3.63, 3.8) is 0 Å². The van der Waals surface area contributed by atoms with E-state index in [1.807, 2.05) is 63.3 Å². The standard InChI is InChI=1S/C18H20N2O2/c1-18(2,3)22-17(21)20-16-10-7-13-19-15(16)12-11-14-8-5-4-6-9-14/h4-13H,1-3H3,(H,20,21). The molecule has 1 amide bonds. The number of anilines is 1. The van der Waals surface area contributed by atoms with Crippen molar-refractivity contribution < 1.29 is 9.53 Å². The third kappa shape index (κ3) is 5.05. The van der Waals surface area contributed by atoms with Crippen molar-refractivity contribution in [3.8, 4) is 0 Å². The predicted octanol–water partition coefficient (Wildman–Crippen LogP) is 4.60. The van der Waals surface area contributed by atoms with Gasteiger partial charge in [0.25, 0.3) is 0 Å². The highest BCUT2D eigenvalue weighted by atomic mass is 16.6. The topological polar surface area (TPSA) is 51.2 Å². The Labute approximate surface area is 130 Å². The molecule has 0 saturated carbocycles. The molecule has 0 spiro atoms. The predicted molar refractivity (Wildman–Crippen MR) is 89.5 cm³/mol. The second-order valence-corrected chi connectivity index (χ2v) is 5.81. The van der Waals surface area contributed by atoms with E-state index in [1.165, 1.54) is 0 Å². The third-order valence-electron chi connectivity index (χ3n) is 2.71. The maximum Gasteiger partial charge on any atom is 0.412 e. The van der Waals surface area contributed by atoms with Crippen molar-refractivity contribution in [2.24, 2.45) is 0 Å². The highest BCUT2D eigenvalue weighted by Gasteiger charge is 2.16. The van der Waals surface area contributed by atoms with Gasteiger partial charge in [-0.25, -0.2) is 4.79 Å². The first-order valence-corrected chi connectivity index (χ1v) is 7.12. The number of nitrogens with one attached hydrogen (secondary N) is 1. The summed E-state index contributed by atoms with van der Waals surface area (Å²) in [4.78, 5) is 16.2. The first-order chi connectivity index (χ1) is 10.4. The largest absolute Gasteiger partial charge is 0.444 e. The van der Waals surface area contributed by atoms with Gasteiger partial charge in [-0.15, -0.1) is 0 Å². The number of amides is 1. The molecule has 0 aliphatic carbocycles. The summed E-state index contributed by atoms with van der Waals surface area (Å²) in [7, 11) is 0. The van der Waals surface area contributed by atoms with Gasteiger partial charge in [0.05, 0.1) is 11.4 Å². The second kappa shape index (κ2) is 6.89. The molecule has 2 rings (SSSR count). The normalized spacial score (nSPS) is 11.4. The Kier molecular flexibility index (Phi) is 4.94. The van der Waals surface area contributed by atoms with Gasteiger partial charge in [0.2, 0.25) is 0 Å². The van der Waals surface area contributed by atoms with Gasteiger partial charge in [0.1, 0.15) is 5.60 Å². The molecule has 0 saturated heterocycles. The third-order valence-corrected chi connectivity index (χ3v) is 2.71. The van der Waals surface area contributed by atoms with Gasteiger partial charge >= 0.3 is 6.09 Å². The maximum atomic E-state index is 11.9. The van der Waals surface area contributed by atoms with Crippen LogP contribution in [0.15, 0.2) is 48.7 Å². The zero-order chi connectivity index (χ0) is 16.0. The van der Waals surface area contributed by atoms with Gasteiger partial charge in [0.15, 0.2) is 0 Å². The summed E-state index contributed by atoms with van der Waals surface area (Å²) < 4.78 is 5.26. The van der Waals surface area contributed by atoms with Crippen LogP contribution in [-0.4, -0.2) is 16.7 Å². The molecule has 2 aromatic rings. The molecule has 22 heavy (non-hydrogen) atoms. The van der Waals surface area contributed by atoms with E-state index in [-0.39, 0.29) is 0 Å². The van der Waals surface area contributed by atoms with E-state index in [4.69, 9.17) is 4.74 Å². The average molecular weight is 296 g/mol. The Balaban J connectivity index is 2.13. The number of rotatable bonds is 3. The Hall–Kier alpha value is -2.62. The number of benzene rings is 1. The van der Waals surface area contributed by atoms with Gasteiger partial charge in [-0.1, -0.05) is 36.4 Å². The Bertz CT molecular complexity index is 658. The molecule has 0 radical (unpaired) electrons. The molecule has 4 nitrogen and oxygen atoms in total. The zero-order valence-corrected chi connectivity index (χ0v) is 13.0. The number of carbonyl (C=O) groups excluding carboxylic acids is 1. The number of aromatic nitrogens is 1. The molecule has 0 atom stereocenters. The molecule has 0 unspecified atom stereocenters. The highest BCUT2D eigenvalue weighted by molar-refractivity contribution is 5.88. The maximum absolute atomic E-state index is 11.9. The highest BCUT2D eigenvalue weighted by Crippen LogP contribution is 2.17. The minimum absolute atomic E-state index is 0.491. The van der Waals surface area contributed by atoms with Gasteiger partial charge in [-0.2, -0.15) is 0 Å². The van der Waals surface area contributed by atoms with E-state index >= 15 is 0 Å². The molecule has 0 aliphatic heterocycles. The average Bonchev–Trinajstić information content (AvgIpc) is 2.45. The molecule has 1 aromatic carbocycles. The smallest absolute Gasteiger partial charge is 0.412 e. The minimum atomic E-state index is -0.535. The van der Waals surface area contributed by atoms with Crippen molar-refractivity contribution in [1.82, 2.24) is 4.98 Å². The fourth-order valence-electron chi connectivity index (χ4n) is 1.81. The Morgan fingerprint density at radius 1 is 1.09 bits per heavy atom. The van der Waals surface area contributed by atoms with Crippen LogP contribution in [0.5, 0.6) is 0 Å². The van der Waals surface area contributed by atoms with Gasteiger partial charge in [0, 0.05) is 6.20 Å². The number of ether oxygens (including phenoxy) is 1. The van der Waals surface area contributed by atoms with E-state index < -0.39 is 11.7 Å². The summed E-state index contributed by atoms with van der Waals surface area (Å²) >= 11 is 0. The SMILES string of the molecule is CC(C)(C)OC(=O)Nc1cccnc1C=Cc1ccccc1. The Morgan fingerprint density at radius 3 is 2.50 bits per heavy atom. The molecule has 0 aliphatic rings. The van der Waals surface area contributed by atoms with Gasteiger partial charge in [-0.3, -0.25) is 10.3 Å². The summed E-state index contributed by atoms with van der Waals surface area (Å²) in [5.41, 5.74) is 1.82. The first kappa shape index (κ1) is 15.8. The van der Waals surface area contributed by atoms with E-state index in [9.17, 15) is 4.79 Å². The number of carbonyl (C=O) groups is 1. The number of hydrogen-bond acceptors (Lipinski definition) is 3. The van der Waals surface area contributed by atoms with Crippen LogP contribution in [0.2, 0.25) is 0 Å². The molecular formula is C18H20N2O2. The lowest BCUT2D eigenvalue weighted by molar-refractivity contribution is 0.0636. The molecule has 1 N–H and O–H groups in total. The van der Waals surface area contributed by atoms with Crippen molar-refractivity contribution in [2.75, 3.05) is 5.32 Å². The van der Waals surface area contributed by atoms with Gasteiger partial charge < -0.3 is 4.74 Å². The molecule has 114 valence electrons. The van der Waals surface area contributed by atoms with Crippen LogP contribution in [0.1, 0.15) is 32.0 Å². The van der Waals surface area contributed by atoms with E-state index in [2.05, 4.69) is 10.3 Å². The second-order valence-electron chi connectivity index (χ2n) is 5.81. The quantitative estimate of drug-likeness (QED) is 0.900. The van der Waals surface area contributed by atoms with Crippen LogP contribution in [0.25, 0.3) is 12.2 Å². The van der Waals surface area contributed by atoms with E-state index in [1.54, 1.807) is 18.3 Å². The van der Waals surface area contributed by atoms with Crippen LogP contribution < -0.4 is 5.32 Å².